The predicted octanol–water partition coefficient (Wildman–Crippen LogP) is 4.46. The van der Waals surface area contributed by atoms with E-state index < -0.39 is 5.82 Å². The van der Waals surface area contributed by atoms with Gasteiger partial charge in [0, 0.05) is 24.7 Å². The van der Waals surface area contributed by atoms with Crippen molar-refractivity contribution in [2.24, 2.45) is 0 Å². The first kappa shape index (κ1) is 23.9. The average molecular weight is 472 g/mol. The van der Waals surface area contributed by atoms with Crippen LogP contribution in [0.2, 0.25) is 0 Å². The summed E-state index contributed by atoms with van der Waals surface area (Å²) in [5, 5.41) is 2.74. The van der Waals surface area contributed by atoms with E-state index in [4.69, 9.17) is 10.5 Å². The van der Waals surface area contributed by atoms with Gasteiger partial charge in [-0.1, -0.05) is 54.6 Å². The Morgan fingerprint density at radius 2 is 1.57 bits per heavy atom. The van der Waals surface area contributed by atoms with Crippen LogP contribution >= 0.6 is 0 Å². The van der Waals surface area contributed by atoms with E-state index >= 15 is 0 Å². The molecule has 0 atom stereocenters. The largest absolute Gasteiger partial charge is 0.397 e. The lowest BCUT2D eigenvalue weighted by Crippen LogP contribution is -2.41. The Morgan fingerprint density at radius 1 is 0.914 bits per heavy atom. The average Bonchev–Trinajstić information content (AvgIpc) is 2.89. The summed E-state index contributed by atoms with van der Waals surface area (Å²) in [5.41, 5.74) is 8.97. The van der Waals surface area contributed by atoms with E-state index in [1.807, 2.05) is 24.3 Å². The Morgan fingerprint density at radius 3 is 2.29 bits per heavy atom. The summed E-state index contributed by atoms with van der Waals surface area (Å²) in [4.78, 5) is 27.1. The lowest BCUT2D eigenvalue weighted by atomic mass is 10.00. The Kier molecular flexibility index (Phi) is 7.70. The first-order valence-electron chi connectivity index (χ1n) is 11.3. The molecule has 35 heavy (non-hydrogen) atoms. The van der Waals surface area contributed by atoms with E-state index in [0.717, 1.165) is 11.1 Å². The standard InChI is InChI=1S/C28H26FN3O3/c29-24-6-2-1-5-22(24)23(28(34)32-15-17-35-18-16-32)19-21-11-9-20(10-12-21)13-14-27(33)31-26-8-4-3-7-25(26)30/h1-14,19H,15-18,30H2,(H,31,33)/b14-13+,23-19-. The number of para-hydroxylation sites is 2. The normalized spacial score (nSPS) is 14.2. The molecular formula is C28H26FN3O3. The Balaban J connectivity index is 1.53. The van der Waals surface area contributed by atoms with Gasteiger partial charge in [0.15, 0.2) is 0 Å². The summed E-state index contributed by atoms with van der Waals surface area (Å²) < 4.78 is 19.9. The summed E-state index contributed by atoms with van der Waals surface area (Å²) >= 11 is 0. The summed E-state index contributed by atoms with van der Waals surface area (Å²) in [5.74, 6) is -0.992. The van der Waals surface area contributed by atoms with Gasteiger partial charge >= 0.3 is 0 Å². The number of benzene rings is 3. The van der Waals surface area contributed by atoms with E-state index in [0.29, 0.717) is 37.7 Å². The smallest absolute Gasteiger partial charge is 0.254 e. The van der Waals surface area contributed by atoms with Crippen molar-refractivity contribution in [1.29, 1.82) is 0 Å². The van der Waals surface area contributed by atoms with Crippen LogP contribution in [0.4, 0.5) is 15.8 Å². The zero-order valence-electron chi connectivity index (χ0n) is 19.1. The van der Waals surface area contributed by atoms with Gasteiger partial charge in [-0.05, 0) is 41.5 Å². The first-order valence-corrected chi connectivity index (χ1v) is 11.3. The van der Waals surface area contributed by atoms with E-state index in [1.165, 1.54) is 12.1 Å². The molecule has 0 aromatic heterocycles. The van der Waals surface area contributed by atoms with Gasteiger partial charge in [-0.3, -0.25) is 9.59 Å². The SMILES string of the molecule is Nc1ccccc1NC(=O)/C=C/c1ccc(/C=C(\C(=O)N2CCOCC2)c2ccccc2F)cc1. The fourth-order valence-corrected chi connectivity index (χ4v) is 3.70. The summed E-state index contributed by atoms with van der Waals surface area (Å²) in [6.45, 7) is 1.85. The number of carbonyl (C=O) groups is 2. The van der Waals surface area contributed by atoms with Crippen molar-refractivity contribution >= 4 is 40.9 Å². The van der Waals surface area contributed by atoms with Crippen molar-refractivity contribution in [3.8, 4) is 0 Å². The van der Waals surface area contributed by atoms with Crippen LogP contribution in [0, 0.1) is 5.82 Å². The van der Waals surface area contributed by atoms with Gasteiger partial charge in [0.1, 0.15) is 5.82 Å². The molecule has 7 heteroatoms. The molecule has 0 saturated carbocycles. The molecule has 0 unspecified atom stereocenters. The van der Waals surface area contributed by atoms with Crippen LogP contribution < -0.4 is 11.1 Å². The fourth-order valence-electron chi connectivity index (χ4n) is 3.70. The zero-order valence-corrected chi connectivity index (χ0v) is 19.1. The molecule has 1 saturated heterocycles. The number of morpholine rings is 1. The topological polar surface area (TPSA) is 84.7 Å². The molecule has 1 aliphatic heterocycles. The van der Waals surface area contributed by atoms with Crippen molar-refractivity contribution in [3.05, 3.63) is 101 Å². The number of nitrogen functional groups attached to an aromatic ring is 1. The number of nitrogens with two attached hydrogens (primary N) is 1. The Hall–Kier alpha value is -4.23. The second-order valence-corrected chi connectivity index (χ2v) is 8.02. The number of nitrogens with zero attached hydrogens (tertiary/aromatic N) is 1. The van der Waals surface area contributed by atoms with Crippen molar-refractivity contribution in [2.45, 2.75) is 0 Å². The molecule has 0 spiro atoms. The van der Waals surface area contributed by atoms with E-state index in [1.54, 1.807) is 59.5 Å². The van der Waals surface area contributed by atoms with Crippen LogP contribution in [-0.2, 0) is 14.3 Å². The summed E-state index contributed by atoms with van der Waals surface area (Å²) in [6, 6.07) is 20.6. The van der Waals surface area contributed by atoms with Gasteiger partial charge in [0.2, 0.25) is 5.91 Å². The summed E-state index contributed by atoms with van der Waals surface area (Å²) in [7, 11) is 0. The van der Waals surface area contributed by atoms with E-state index in [-0.39, 0.29) is 23.0 Å². The molecule has 1 fully saturated rings. The molecule has 178 valence electrons. The molecule has 3 N–H and O–H groups in total. The van der Waals surface area contributed by atoms with Crippen LogP contribution in [0.25, 0.3) is 17.7 Å². The van der Waals surface area contributed by atoms with Gasteiger partial charge in [0.05, 0.1) is 30.2 Å². The number of hydrogen-bond acceptors (Lipinski definition) is 4. The number of amides is 2. The number of anilines is 2. The molecule has 3 aromatic carbocycles. The number of carbonyl (C=O) groups excluding carboxylic acids is 2. The quantitative estimate of drug-likeness (QED) is 0.316. The van der Waals surface area contributed by atoms with Crippen molar-refractivity contribution in [1.82, 2.24) is 4.90 Å². The van der Waals surface area contributed by atoms with Gasteiger partial charge in [-0.25, -0.2) is 4.39 Å². The summed E-state index contributed by atoms with van der Waals surface area (Å²) in [6.07, 6.45) is 4.79. The minimum absolute atomic E-state index is 0.237. The lowest BCUT2D eigenvalue weighted by Gasteiger charge is -2.28. The Labute approximate surface area is 203 Å². The first-order chi connectivity index (χ1) is 17.0. The molecular weight excluding hydrogens is 445 g/mol. The predicted molar refractivity (Wildman–Crippen MR) is 137 cm³/mol. The van der Waals surface area contributed by atoms with Crippen molar-refractivity contribution < 1.29 is 18.7 Å². The molecule has 0 radical (unpaired) electrons. The van der Waals surface area contributed by atoms with Crippen LogP contribution in [0.3, 0.4) is 0 Å². The maximum absolute atomic E-state index is 14.6. The van der Waals surface area contributed by atoms with Crippen molar-refractivity contribution in [3.63, 3.8) is 0 Å². The van der Waals surface area contributed by atoms with Crippen LogP contribution in [0.5, 0.6) is 0 Å². The third-order valence-electron chi connectivity index (χ3n) is 5.59. The number of ether oxygens (including phenoxy) is 1. The van der Waals surface area contributed by atoms with Crippen molar-refractivity contribution in [2.75, 3.05) is 37.4 Å². The van der Waals surface area contributed by atoms with Gasteiger partial charge < -0.3 is 20.7 Å². The van der Waals surface area contributed by atoms with E-state index in [9.17, 15) is 14.0 Å². The molecule has 0 bridgehead atoms. The Bertz CT molecular complexity index is 1260. The number of rotatable bonds is 6. The zero-order chi connectivity index (χ0) is 24.6. The highest BCUT2D eigenvalue weighted by atomic mass is 19.1. The second kappa shape index (κ2) is 11.3. The molecule has 4 rings (SSSR count). The third-order valence-corrected chi connectivity index (χ3v) is 5.59. The fraction of sp³-hybridized carbons (Fsp3) is 0.143. The minimum Gasteiger partial charge on any atom is -0.397 e. The van der Waals surface area contributed by atoms with Crippen LogP contribution in [-0.4, -0.2) is 43.0 Å². The highest BCUT2D eigenvalue weighted by molar-refractivity contribution is 6.24. The molecule has 3 aromatic rings. The monoisotopic (exact) mass is 471 g/mol. The maximum Gasteiger partial charge on any atom is 0.254 e. The lowest BCUT2D eigenvalue weighted by molar-refractivity contribution is -0.128. The van der Waals surface area contributed by atoms with Crippen LogP contribution in [0.1, 0.15) is 16.7 Å². The molecule has 1 aliphatic rings. The second-order valence-electron chi connectivity index (χ2n) is 8.02. The molecule has 1 heterocycles. The van der Waals surface area contributed by atoms with Gasteiger partial charge in [-0.15, -0.1) is 0 Å². The number of nitrogens with one attached hydrogen (secondary N) is 1. The maximum atomic E-state index is 14.6. The highest BCUT2D eigenvalue weighted by Gasteiger charge is 2.23. The molecule has 6 nitrogen and oxygen atoms in total. The number of hydrogen-bond donors (Lipinski definition) is 2. The van der Waals surface area contributed by atoms with E-state index in [2.05, 4.69) is 5.32 Å². The van der Waals surface area contributed by atoms with Gasteiger partial charge in [0.25, 0.3) is 5.91 Å². The highest BCUT2D eigenvalue weighted by Crippen LogP contribution is 2.24. The minimum atomic E-state index is -0.454. The van der Waals surface area contributed by atoms with Crippen LogP contribution in [0.15, 0.2) is 78.9 Å². The van der Waals surface area contributed by atoms with Gasteiger partial charge in [-0.2, -0.15) is 0 Å². The molecule has 2 amide bonds. The number of halogens is 1. The third kappa shape index (κ3) is 6.22. The molecule has 0 aliphatic carbocycles.